The van der Waals surface area contributed by atoms with Crippen LogP contribution < -0.4 is 19.7 Å². The van der Waals surface area contributed by atoms with Gasteiger partial charge in [0, 0.05) is 17.3 Å². The standard InChI is InChI=1S/C26H18F2N4O4/c1-14-22(25-30-24(31-36-25)16-3-2-4-18(28)11-16)23(15-5-7-17(27)8-6-15)29-26(33)32(14)19-9-10-20-21(12-19)35-13-34-20/h2-12,23H,13H2,1H3,(H,29,33). The van der Waals surface area contributed by atoms with Crippen LogP contribution in [-0.2, 0) is 0 Å². The number of nitrogens with zero attached hydrogens (tertiary/aromatic N) is 3. The Bertz CT molecular complexity index is 1520. The van der Waals surface area contributed by atoms with E-state index in [2.05, 4.69) is 15.5 Å². The first kappa shape index (κ1) is 21.8. The van der Waals surface area contributed by atoms with Crippen LogP contribution in [0, 0.1) is 11.6 Å². The molecular weight excluding hydrogens is 470 g/mol. The highest BCUT2D eigenvalue weighted by Crippen LogP contribution is 2.42. The first-order valence-electron chi connectivity index (χ1n) is 11.0. The van der Waals surface area contributed by atoms with Gasteiger partial charge in [0.15, 0.2) is 11.5 Å². The van der Waals surface area contributed by atoms with Gasteiger partial charge in [-0.25, -0.2) is 13.6 Å². The molecular formula is C26H18F2N4O4. The number of rotatable bonds is 4. The van der Waals surface area contributed by atoms with E-state index in [0.717, 1.165) is 0 Å². The lowest BCUT2D eigenvalue weighted by Gasteiger charge is -2.35. The maximum Gasteiger partial charge on any atom is 0.327 e. The molecule has 36 heavy (non-hydrogen) atoms. The Hall–Kier alpha value is -4.73. The molecule has 10 heteroatoms. The number of hydrogen-bond acceptors (Lipinski definition) is 6. The molecule has 8 nitrogen and oxygen atoms in total. The number of aromatic nitrogens is 2. The molecule has 0 bridgehead atoms. The van der Waals surface area contributed by atoms with E-state index in [0.29, 0.717) is 39.6 Å². The van der Waals surface area contributed by atoms with Gasteiger partial charge in [0.2, 0.25) is 12.6 Å². The highest BCUT2D eigenvalue weighted by atomic mass is 19.1. The molecule has 0 saturated heterocycles. The van der Waals surface area contributed by atoms with E-state index in [4.69, 9.17) is 14.0 Å². The number of fused-ring (bicyclic) bond motifs is 1. The Balaban J connectivity index is 1.49. The van der Waals surface area contributed by atoms with Crippen molar-refractivity contribution in [2.45, 2.75) is 13.0 Å². The summed E-state index contributed by atoms with van der Waals surface area (Å²) in [7, 11) is 0. The number of halogens is 2. The lowest BCUT2D eigenvalue weighted by atomic mass is 9.94. The van der Waals surface area contributed by atoms with Gasteiger partial charge in [0.25, 0.3) is 5.89 Å². The van der Waals surface area contributed by atoms with E-state index in [1.54, 1.807) is 49.4 Å². The third-order valence-corrected chi connectivity index (χ3v) is 6.04. The smallest absolute Gasteiger partial charge is 0.327 e. The first-order valence-corrected chi connectivity index (χ1v) is 11.0. The lowest BCUT2D eigenvalue weighted by molar-refractivity contribution is 0.174. The van der Waals surface area contributed by atoms with Gasteiger partial charge in [-0.05, 0) is 48.9 Å². The van der Waals surface area contributed by atoms with E-state index in [-0.39, 0.29) is 18.5 Å². The van der Waals surface area contributed by atoms with Crippen molar-refractivity contribution in [2.75, 3.05) is 11.7 Å². The molecule has 0 spiro atoms. The quantitative estimate of drug-likeness (QED) is 0.411. The molecule has 2 amide bonds. The number of urea groups is 1. The summed E-state index contributed by atoms with van der Waals surface area (Å²) in [5, 5.41) is 6.98. The predicted molar refractivity (Wildman–Crippen MR) is 125 cm³/mol. The largest absolute Gasteiger partial charge is 0.454 e. The highest BCUT2D eigenvalue weighted by Gasteiger charge is 2.37. The maximum atomic E-state index is 13.8. The van der Waals surface area contributed by atoms with Crippen LogP contribution in [0.5, 0.6) is 11.5 Å². The van der Waals surface area contributed by atoms with E-state index in [9.17, 15) is 13.6 Å². The number of carbonyl (C=O) groups excluding carboxylic acids is 1. The number of carbonyl (C=O) groups is 1. The lowest BCUT2D eigenvalue weighted by Crippen LogP contribution is -2.46. The highest BCUT2D eigenvalue weighted by molar-refractivity contribution is 6.01. The zero-order valence-electron chi connectivity index (χ0n) is 18.9. The van der Waals surface area contributed by atoms with Crippen LogP contribution >= 0.6 is 0 Å². The molecule has 1 N–H and O–H groups in total. The molecule has 1 atom stereocenters. The molecule has 2 aliphatic heterocycles. The van der Waals surface area contributed by atoms with Gasteiger partial charge < -0.3 is 19.3 Å². The molecule has 0 radical (unpaired) electrons. The average Bonchev–Trinajstić information content (AvgIpc) is 3.54. The second-order valence-electron chi connectivity index (χ2n) is 8.24. The van der Waals surface area contributed by atoms with Gasteiger partial charge in [-0.1, -0.05) is 29.4 Å². The summed E-state index contributed by atoms with van der Waals surface area (Å²) in [6.45, 7) is 1.85. The number of hydrogen-bond donors (Lipinski definition) is 1. The van der Waals surface area contributed by atoms with E-state index in [1.807, 2.05) is 0 Å². The number of allylic oxidation sites excluding steroid dienone is 1. The van der Waals surface area contributed by atoms with Crippen LogP contribution in [0.3, 0.4) is 0 Å². The molecule has 3 aromatic carbocycles. The van der Waals surface area contributed by atoms with Crippen molar-refractivity contribution in [3.05, 3.63) is 95.5 Å². The summed E-state index contributed by atoms with van der Waals surface area (Å²) >= 11 is 0. The van der Waals surface area contributed by atoms with Gasteiger partial charge in [-0.15, -0.1) is 0 Å². The van der Waals surface area contributed by atoms with E-state index in [1.165, 1.54) is 29.2 Å². The Kier molecular flexibility index (Phi) is 5.14. The second kappa shape index (κ2) is 8.49. The average molecular weight is 488 g/mol. The monoisotopic (exact) mass is 488 g/mol. The maximum absolute atomic E-state index is 13.8. The summed E-state index contributed by atoms with van der Waals surface area (Å²) in [5.74, 6) is 0.579. The van der Waals surface area contributed by atoms with Gasteiger partial charge in [-0.3, -0.25) is 4.90 Å². The van der Waals surface area contributed by atoms with Gasteiger partial charge in [0.05, 0.1) is 17.3 Å². The van der Waals surface area contributed by atoms with Crippen LogP contribution in [0.4, 0.5) is 19.3 Å². The van der Waals surface area contributed by atoms with Crippen molar-refractivity contribution in [3.8, 4) is 22.9 Å². The Morgan fingerprint density at radius 2 is 1.78 bits per heavy atom. The van der Waals surface area contributed by atoms with Crippen molar-refractivity contribution >= 4 is 17.3 Å². The fourth-order valence-electron chi connectivity index (χ4n) is 4.34. The molecule has 0 aliphatic carbocycles. The number of anilines is 1. The van der Waals surface area contributed by atoms with Crippen molar-refractivity contribution in [1.82, 2.24) is 15.5 Å². The molecule has 6 rings (SSSR count). The number of amides is 2. The van der Waals surface area contributed by atoms with Crippen molar-refractivity contribution in [3.63, 3.8) is 0 Å². The zero-order valence-corrected chi connectivity index (χ0v) is 18.9. The van der Waals surface area contributed by atoms with E-state index >= 15 is 0 Å². The minimum atomic E-state index is -0.704. The van der Waals surface area contributed by atoms with Gasteiger partial charge in [-0.2, -0.15) is 4.98 Å². The molecule has 0 fully saturated rings. The van der Waals surface area contributed by atoms with Crippen LogP contribution in [0.25, 0.3) is 17.0 Å². The van der Waals surface area contributed by atoms with Crippen LogP contribution in [0.1, 0.15) is 24.4 Å². The fourth-order valence-corrected chi connectivity index (χ4v) is 4.34. The summed E-state index contributed by atoms with van der Waals surface area (Å²) < 4.78 is 43.9. The molecule has 1 unspecified atom stereocenters. The molecule has 180 valence electrons. The minimum Gasteiger partial charge on any atom is -0.454 e. The van der Waals surface area contributed by atoms with Crippen LogP contribution in [0.2, 0.25) is 0 Å². The van der Waals surface area contributed by atoms with Crippen molar-refractivity contribution in [2.24, 2.45) is 0 Å². The van der Waals surface area contributed by atoms with Crippen molar-refractivity contribution < 1.29 is 27.6 Å². The molecule has 4 aromatic rings. The number of benzene rings is 3. The predicted octanol–water partition coefficient (Wildman–Crippen LogP) is 5.45. The number of nitrogens with one attached hydrogen (secondary N) is 1. The third-order valence-electron chi connectivity index (χ3n) is 6.04. The van der Waals surface area contributed by atoms with Crippen LogP contribution in [0.15, 0.2) is 77.0 Å². The SMILES string of the molecule is CC1=C(c2nc(-c3cccc(F)c3)no2)C(c2ccc(F)cc2)NC(=O)N1c1ccc2c(c1)OCO2. The molecule has 0 saturated carbocycles. The minimum absolute atomic E-state index is 0.0997. The number of ether oxygens (including phenoxy) is 2. The Labute approximate surface area is 203 Å². The summed E-state index contributed by atoms with van der Waals surface area (Å²) in [6.07, 6.45) is 0. The zero-order chi connectivity index (χ0) is 24.8. The topological polar surface area (TPSA) is 89.7 Å². The summed E-state index contributed by atoms with van der Waals surface area (Å²) in [4.78, 5) is 19.3. The van der Waals surface area contributed by atoms with E-state index < -0.39 is 23.7 Å². The Morgan fingerprint density at radius 1 is 0.972 bits per heavy atom. The normalized spacial score (nSPS) is 16.9. The first-order chi connectivity index (χ1) is 17.5. The molecule has 1 aromatic heterocycles. The van der Waals surface area contributed by atoms with Crippen molar-refractivity contribution in [1.29, 1.82) is 0 Å². The Morgan fingerprint density at radius 3 is 2.58 bits per heavy atom. The molecule has 2 aliphatic rings. The summed E-state index contributed by atoms with van der Waals surface area (Å²) in [6, 6.07) is 15.7. The van der Waals surface area contributed by atoms with Gasteiger partial charge >= 0.3 is 6.03 Å². The van der Waals surface area contributed by atoms with Gasteiger partial charge in [0.1, 0.15) is 11.6 Å². The summed E-state index contributed by atoms with van der Waals surface area (Å²) in [5.41, 5.74) is 2.62. The van der Waals surface area contributed by atoms with Crippen LogP contribution in [-0.4, -0.2) is 23.0 Å². The fraction of sp³-hybridized carbons (Fsp3) is 0.115. The second-order valence-corrected chi connectivity index (χ2v) is 8.24. The molecule has 3 heterocycles. The third kappa shape index (κ3) is 3.72.